The van der Waals surface area contributed by atoms with E-state index in [4.69, 9.17) is 4.74 Å². The van der Waals surface area contributed by atoms with E-state index in [1.807, 2.05) is 12.1 Å². The zero-order valence-electron chi connectivity index (χ0n) is 12.3. The van der Waals surface area contributed by atoms with Crippen molar-refractivity contribution in [2.24, 2.45) is 0 Å². The molecule has 0 saturated heterocycles. The van der Waals surface area contributed by atoms with Crippen LogP contribution in [0.3, 0.4) is 0 Å². The van der Waals surface area contributed by atoms with E-state index in [1.54, 1.807) is 19.2 Å². The molecule has 0 aliphatic carbocycles. The molecule has 5 heteroatoms. The van der Waals surface area contributed by atoms with Gasteiger partial charge in [-0.1, -0.05) is 24.3 Å². The van der Waals surface area contributed by atoms with E-state index in [0.29, 0.717) is 17.7 Å². The van der Waals surface area contributed by atoms with Gasteiger partial charge < -0.3 is 15.2 Å². The Labute approximate surface area is 128 Å². The molecule has 2 N–H and O–H groups in total. The van der Waals surface area contributed by atoms with Gasteiger partial charge in [0.1, 0.15) is 5.82 Å². The first-order valence-corrected chi connectivity index (χ1v) is 6.89. The summed E-state index contributed by atoms with van der Waals surface area (Å²) in [6.45, 7) is 0.551. The molecule has 0 radical (unpaired) electrons. The summed E-state index contributed by atoms with van der Waals surface area (Å²) in [6.07, 6.45) is -0.877. The third kappa shape index (κ3) is 4.38. The van der Waals surface area contributed by atoms with Crippen LogP contribution in [0.25, 0.3) is 0 Å². The minimum atomic E-state index is -0.877. The Morgan fingerprint density at radius 1 is 1.18 bits per heavy atom. The highest BCUT2D eigenvalue weighted by atomic mass is 19.1. The number of carbonyl (C=O) groups is 1. The molecule has 0 fully saturated rings. The van der Waals surface area contributed by atoms with Gasteiger partial charge in [-0.25, -0.2) is 4.39 Å². The van der Waals surface area contributed by atoms with Gasteiger partial charge in [0.15, 0.2) is 0 Å². The second kappa shape index (κ2) is 7.68. The largest absolute Gasteiger partial charge is 0.387 e. The van der Waals surface area contributed by atoms with Crippen molar-refractivity contribution in [3.63, 3.8) is 0 Å². The molecular weight excluding hydrogens is 285 g/mol. The number of aliphatic hydroxyl groups is 1. The molecule has 1 amide bonds. The topological polar surface area (TPSA) is 58.6 Å². The van der Waals surface area contributed by atoms with Crippen LogP contribution in [0.15, 0.2) is 48.5 Å². The zero-order chi connectivity index (χ0) is 15.9. The maximum Gasteiger partial charge on any atom is 0.251 e. The fourth-order valence-electron chi connectivity index (χ4n) is 2.01. The van der Waals surface area contributed by atoms with Gasteiger partial charge in [0.2, 0.25) is 0 Å². The molecule has 0 heterocycles. The van der Waals surface area contributed by atoms with Crippen molar-refractivity contribution >= 4 is 5.91 Å². The average molecular weight is 303 g/mol. The standard InChI is InChI=1S/C17H18FNO3/c1-22-11-12-2-4-14(5-3-12)17(21)19-10-16(20)13-6-8-15(18)9-7-13/h2-9,16,20H,10-11H2,1H3,(H,19,21). The smallest absolute Gasteiger partial charge is 0.251 e. The number of halogens is 1. The molecule has 0 spiro atoms. The fraction of sp³-hybridized carbons (Fsp3) is 0.235. The van der Waals surface area contributed by atoms with Crippen molar-refractivity contribution in [2.45, 2.75) is 12.7 Å². The first-order chi connectivity index (χ1) is 10.6. The van der Waals surface area contributed by atoms with Crippen molar-refractivity contribution in [2.75, 3.05) is 13.7 Å². The fourth-order valence-corrected chi connectivity index (χ4v) is 2.01. The van der Waals surface area contributed by atoms with Gasteiger partial charge in [-0.15, -0.1) is 0 Å². The molecule has 0 bridgehead atoms. The van der Waals surface area contributed by atoms with Gasteiger partial charge in [-0.05, 0) is 35.4 Å². The maximum absolute atomic E-state index is 12.8. The van der Waals surface area contributed by atoms with Crippen LogP contribution in [0.5, 0.6) is 0 Å². The zero-order valence-corrected chi connectivity index (χ0v) is 12.3. The maximum atomic E-state index is 12.8. The molecule has 0 aliphatic rings. The van der Waals surface area contributed by atoms with Gasteiger partial charge >= 0.3 is 0 Å². The lowest BCUT2D eigenvalue weighted by molar-refractivity contribution is 0.0916. The SMILES string of the molecule is COCc1ccc(C(=O)NCC(O)c2ccc(F)cc2)cc1. The number of rotatable bonds is 6. The van der Waals surface area contributed by atoms with Crippen LogP contribution in [0.1, 0.15) is 27.6 Å². The van der Waals surface area contributed by atoms with Crippen LogP contribution in [0.2, 0.25) is 0 Å². The predicted octanol–water partition coefficient (Wildman–Crippen LogP) is 2.44. The minimum absolute atomic E-state index is 0.0598. The molecule has 2 aromatic rings. The molecular formula is C17H18FNO3. The predicted molar refractivity (Wildman–Crippen MR) is 80.8 cm³/mol. The molecule has 116 valence electrons. The molecule has 2 rings (SSSR count). The van der Waals surface area contributed by atoms with E-state index in [-0.39, 0.29) is 18.3 Å². The Morgan fingerprint density at radius 3 is 2.41 bits per heavy atom. The molecule has 0 aliphatic heterocycles. The Bertz CT molecular complexity index is 611. The van der Waals surface area contributed by atoms with Crippen LogP contribution in [-0.4, -0.2) is 24.7 Å². The number of aliphatic hydroxyl groups excluding tert-OH is 1. The number of hydrogen-bond donors (Lipinski definition) is 2. The van der Waals surface area contributed by atoms with Gasteiger partial charge in [0.25, 0.3) is 5.91 Å². The summed E-state index contributed by atoms with van der Waals surface area (Å²) < 4.78 is 17.8. The van der Waals surface area contributed by atoms with Crippen LogP contribution in [0.4, 0.5) is 4.39 Å². The highest BCUT2D eigenvalue weighted by molar-refractivity contribution is 5.94. The number of hydrogen-bond acceptors (Lipinski definition) is 3. The quantitative estimate of drug-likeness (QED) is 0.861. The second-order valence-electron chi connectivity index (χ2n) is 4.91. The van der Waals surface area contributed by atoms with Gasteiger partial charge in [-0.3, -0.25) is 4.79 Å². The van der Waals surface area contributed by atoms with Crippen molar-refractivity contribution in [1.29, 1.82) is 0 Å². The minimum Gasteiger partial charge on any atom is -0.387 e. The molecule has 22 heavy (non-hydrogen) atoms. The molecule has 1 unspecified atom stereocenters. The van der Waals surface area contributed by atoms with E-state index >= 15 is 0 Å². The normalized spacial score (nSPS) is 12.0. The summed E-state index contributed by atoms with van der Waals surface area (Å²) in [5, 5.41) is 12.6. The van der Waals surface area contributed by atoms with Crippen molar-refractivity contribution in [3.8, 4) is 0 Å². The average Bonchev–Trinajstić information content (AvgIpc) is 2.54. The summed E-state index contributed by atoms with van der Waals surface area (Å²) in [7, 11) is 1.61. The summed E-state index contributed by atoms with van der Waals surface area (Å²) >= 11 is 0. The van der Waals surface area contributed by atoms with E-state index < -0.39 is 6.10 Å². The first-order valence-electron chi connectivity index (χ1n) is 6.89. The lowest BCUT2D eigenvalue weighted by Gasteiger charge is -2.12. The second-order valence-corrected chi connectivity index (χ2v) is 4.91. The molecule has 0 saturated carbocycles. The lowest BCUT2D eigenvalue weighted by Crippen LogP contribution is -2.28. The monoisotopic (exact) mass is 303 g/mol. The number of carbonyl (C=O) groups excluding carboxylic acids is 1. The van der Waals surface area contributed by atoms with Crippen LogP contribution < -0.4 is 5.32 Å². The van der Waals surface area contributed by atoms with Gasteiger partial charge in [0, 0.05) is 19.2 Å². The Morgan fingerprint density at radius 2 is 1.82 bits per heavy atom. The van der Waals surface area contributed by atoms with E-state index in [1.165, 1.54) is 24.3 Å². The number of amides is 1. The summed E-state index contributed by atoms with van der Waals surface area (Å²) in [6, 6.07) is 12.6. The number of nitrogens with one attached hydrogen (secondary N) is 1. The van der Waals surface area contributed by atoms with Crippen LogP contribution >= 0.6 is 0 Å². The van der Waals surface area contributed by atoms with Crippen LogP contribution in [0, 0.1) is 5.82 Å². The van der Waals surface area contributed by atoms with Crippen molar-refractivity contribution in [3.05, 3.63) is 71.0 Å². The Kier molecular flexibility index (Phi) is 5.63. The summed E-state index contributed by atoms with van der Waals surface area (Å²) in [5.74, 6) is -0.638. The number of benzene rings is 2. The third-order valence-electron chi connectivity index (χ3n) is 3.24. The third-order valence-corrected chi connectivity index (χ3v) is 3.24. The van der Waals surface area contributed by atoms with Crippen molar-refractivity contribution in [1.82, 2.24) is 5.32 Å². The van der Waals surface area contributed by atoms with Crippen LogP contribution in [-0.2, 0) is 11.3 Å². The van der Waals surface area contributed by atoms with Gasteiger partial charge in [-0.2, -0.15) is 0 Å². The van der Waals surface area contributed by atoms with Gasteiger partial charge in [0.05, 0.1) is 12.7 Å². The summed E-state index contributed by atoms with van der Waals surface area (Å²) in [5.41, 5.74) is 2.04. The lowest BCUT2D eigenvalue weighted by atomic mass is 10.1. The highest BCUT2D eigenvalue weighted by Gasteiger charge is 2.11. The number of methoxy groups -OCH3 is 1. The van der Waals surface area contributed by atoms with E-state index in [2.05, 4.69) is 5.32 Å². The first kappa shape index (κ1) is 16.1. The van der Waals surface area contributed by atoms with E-state index in [0.717, 1.165) is 5.56 Å². The summed E-state index contributed by atoms with van der Waals surface area (Å²) in [4.78, 5) is 12.0. The van der Waals surface area contributed by atoms with Crippen molar-refractivity contribution < 1.29 is 19.0 Å². The molecule has 2 aromatic carbocycles. The Hall–Kier alpha value is -2.24. The highest BCUT2D eigenvalue weighted by Crippen LogP contribution is 2.13. The number of ether oxygens (including phenoxy) is 1. The van der Waals surface area contributed by atoms with E-state index in [9.17, 15) is 14.3 Å². The molecule has 0 aromatic heterocycles. The molecule has 4 nitrogen and oxygen atoms in total. The molecule has 1 atom stereocenters. The Balaban J connectivity index is 1.90.